The monoisotopic (exact) mass is 264 g/mol. The van der Waals surface area contributed by atoms with E-state index in [0.717, 1.165) is 40.9 Å². The number of halogens is 1. The van der Waals surface area contributed by atoms with Gasteiger partial charge in [0.05, 0.1) is 12.1 Å². The van der Waals surface area contributed by atoms with Gasteiger partial charge in [-0.25, -0.2) is 4.98 Å². The summed E-state index contributed by atoms with van der Waals surface area (Å²) in [6.45, 7) is 2.14. The van der Waals surface area contributed by atoms with Crippen LogP contribution in [0.4, 0.5) is 5.69 Å². The van der Waals surface area contributed by atoms with Crippen molar-refractivity contribution in [3.8, 4) is 5.75 Å². The van der Waals surface area contributed by atoms with Gasteiger partial charge in [0.15, 0.2) is 0 Å². The minimum Gasteiger partial charge on any atom is -0.494 e. The normalized spacial score (nSPS) is 10.7. The van der Waals surface area contributed by atoms with Crippen molar-refractivity contribution in [1.82, 2.24) is 4.98 Å². The molecule has 0 radical (unpaired) electrons. The van der Waals surface area contributed by atoms with Gasteiger partial charge in [-0.1, -0.05) is 24.9 Å². The Morgan fingerprint density at radius 1 is 1.39 bits per heavy atom. The number of aromatic nitrogens is 1. The summed E-state index contributed by atoms with van der Waals surface area (Å²) in [7, 11) is 3.54. The number of hydrogen-bond donors (Lipinski definition) is 1. The lowest BCUT2D eigenvalue weighted by molar-refractivity contribution is 0.419. The van der Waals surface area contributed by atoms with Crippen LogP contribution in [0.15, 0.2) is 18.2 Å². The molecule has 0 unspecified atom stereocenters. The zero-order chi connectivity index (χ0) is 13.1. The van der Waals surface area contributed by atoms with E-state index in [4.69, 9.17) is 16.3 Å². The molecule has 0 fully saturated rings. The molecule has 0 bridgehead atoms. The van der Waals surface area contributed by atoms with E-state index in [2.05, 4.69) is 23.3 Å². The zero-order valence-corrected chi connectivity index (χ0v) is 11.6. The Hall–Kier alpha value is -1.48. The van der Waals surface area contributed by atoms with Crippen molar-refractivity contribution in [1.29, 1.82) is 0 Å². The fraction of sp³-hybridized carbons (Fsp3) is 0.357. The Balaban J connectivity index is 2.77. The average molecular weight is 265 g/mol. The van der Waals surface area contributed by atoms with E-state index in [9.17, 15) is 0 Å². The van der Waals surface area contributed by atoms with Crippen LogP contribution in [-0.4, -0.2) is 19.1 Å². The Labute approximate surface area is 112 Å². The summed E-state index contributed by atoms with van der Waals surface area (Å²) in [5.41, 5.74) is 2.86. The van der Waals surface area contributed by atoms with Crippen molar-refractivity contribution in [2.75, 3.05) is 19.5 Å². The molecule has 1 heterocycles. The van der Waals surface area contributed by atoms with Gasteiger partial charge in [0.25, 0.3) is 0 Å². The van der Waals surface area contributed by atoms with E-state index >= 15 is 0 Å². The van der Waals surface area contributed by atoms with Crippen molar-refractivity contribution in [2.45, 2.75) is 19.8 Å². The molecule has 4 heteroatoms. The lowest BCUT2D eigenvalue weighted by atomic mass is 10.1. The maximum Gasteiger partial charge on any atom is 0.145 e. The summed E-state index contributed by atoms with van der Waals surface area (Å²) < 4.78 is 5.37. The van der Waals surface area contributed by atoms with Gasteiger partial charge in [0.1, 0.15) is 11.3 Å². The molecule has 0 aliphatic carbocycles. The number of rotatable bonds is 4. The van der Waals surface area contributed by atoms with Crippen LogP contribution in [0.2, 0.25) is 5.02 Å². The number of fused-ring (bicyclic) bond motifs is 1. The SMILES string of the molecule is CCCc1cc(NC)c2c(Cl)ccc(OC)c2n1. The molecule has 0 saturated carbocycles. The molecule has 0 aliphatic heterocycles. The van der Waals surface area contributed by atoms with Crippen LogP contribution >= 0.6 is 11.6 Å². The molecule has 0 aliphatic rings. The predicted octanol–water partition coefficient (Wildman–Crippen LogP) is 3.89. The van der Waals surface area contributed by atoms with Crippen LogP contribution < -0.4 is 10.1 Å². The number of pyridine rings is 1. The maximum absolute atomic E-state index is 6.26. The molecule has 0 saturated heterocycles. The van der Waals surface area contributed by atoms with Crippen LogP contribution in [0.25, 0.3) is 10.9 Å². The van der Waals surface area contributed by atoms with Gasteiger partial charge >= 0.3 is 0 Å². The number of methoxy groups -OCH3 is 1. The standard InChI is InChI=1S/C14H17ClN2O/c1-4-5-9-8-11(16-2)13-10(15)6-7-12(18-3)14(13)17-9/h6-8H,4-5H2,1-3H3,(H,16,17). The van der Waals surface area contributed by atoms with E-state index in [1.54, 1.807) is 7.11 Å². The van der Waals surface area contributed by atoms with Gasteiger partial charge in [-0.05, 0) is 24.6 Å². The summed E-state index contributed by atoms with van der Waals surface area (Å²) in [5.74, 6) is 0.754. The highest BCUT2D eigenvalue weighted by atomic mass is 35.5. The first-order chi connectivity index (χ1) is 8.71. The smallest absolute Gasteiger partial charge is 0.145 e. The molecular formula is C14H17ClN2O. The molecule has 0 amide bonds. The summed E-state index contributed by atoms with van der Waals surface area (Å²) in [6.07, 6.45) is 2.00. The summed E-state index contributed by atoms with van der Waals surface area (Å²) in [4.78, 5) is 4.66. The molecule has 1 aromatic heterocycles. The maximum atomic E-state index is 6.26. The highest BCUT2D eigenvalue weighted by Crippen LogP contribution is 2.35. The van der Waals surface area contributed by atoms with Crippen molar-refractivity contribution in [2.24, 2.45) is 0 Å². The number of nitrogens with one attached hydrogen (secondary N) is 1. The topological polar surface area (TPSA) is 34.1 Å². The fourth-order valence-corrected chi connectivity index (χ4v) is 2.33. The predicted molar refractivity (Wildman–Crippen MR) is 76.8 cm³/mol. The van der Waals surface area contributed by atoms with E-state index < -0.39 is 0 Å². The highest BCUT2D eigenvalue weighted by molar-refractivity contribution is 6.36. The minimum atomic E-state index is 0.686. The van der Waals surface area contributed by atoms with Crippen LogP contribution in [-0.2, 0) is 6.42 Å². The molecule has 2 rings (SSSR count). The first-order valence-corrected chi connectivity index (χ1v) is 6.43. The van der Waals surface area contributed by atoms with Crippen molar-refractivity contribution >= 4 is 28.2 Å². The number of ether oxygens (including phenoxy) is 1. The van der Waals surface area contributed by atoms with Crippen molar-refractivity contribution < 1.29 is 4.74 Å². The lowest BCUT2D eigenvalue weighted by Gasteiger charge is -2.12. The number of hydrogen-bond acceptors (Lipinski definition) is 3. The third kappa shape index (κ3) is 2.23. The molecular weight excluding hydrogens is 248 g/mol. The van der Waals surface area contributed by atoms with E-state index in [-0.39, 0.29) is 0 Å². The molecule has 2 aromatic rings. The van der Waals surface area contributed by atoms with Crippen LogP contribution in [0.1, 0.15) is 19.0 Å². The van der Waals surface area contributed by atoms with E-state index in [1.165, 1.54) is 0 Å². The second-order valence-electron chi connectivity index (χ2n) is 4.13. The lowest BCUT2D eigenvalue weighted by Crippen LogP contribution is -1.98. The molecule has 96 valence electrons. The largest absolute Gasteiger partial charge is 0.494 e. The summed E-state index contributed by atoms with van der Waals surface area (Å²) >= 11 is 6.26. The molecule has 3 nitrogen and oxygen atoms in total. The molecule has 1 N–H and O–H groups in total. The zero-order valence-electron chi connectivity index (χ0n) is 10.9. The highest BCUT2D eigenvalue weighted by Gasteiger charge is 2.12. The van der Waals surface area contributed by atoms with Crippen molar-refractivity contribution in [3.63, 3.8) is 0 Å². The average Bonchev–Trinajstić information content (AvgIpc) is 2.38. The fourth-order valence-electron chi connectivity index (χ4n) is 2.08. The number of benzene rings is 1. The number of nitrogens with zero attached hydrogens (tertiary/aromatic N) is 1. The number of aryl methyl sites for hydroxylation is 1. The molecule has 0 atom stereocenters. The summed E-state index contributed by atoms with van der Waals surface area (Å²) in [6, 6.07) is 5.74. The van der Waals surface area contributed by atoms with Crippen LogP contribution in [0.3, 0.4) is 0 Å². The van der Waals surface area contributed by atoms with Gasteiger partial charge in [-0.15, -0.1) is 0 Å². The molecule has 1 aromatic carbocycles. The first-order valence-electron chi connectivity index (χ1n) is 6.05. The van der Waals surface area contributed by atoms with Gasteiger partial charge in [-0.2, -0.15) is 0 Å². The Morgan fingerprint density at radius 3 is 2.78 bits per heavy atom. The second kappa shape index (κ2) is 5.44. The Bertz CT molecular complexity index is 569. The molecule has 0 spiro atoms. The van der Waals surface area contributed by atoms with Gasteiger partial charge in [0, 0.05) is 23.8 Å². The Morgan fingerprint density at radius 2 is 2.17 bits per heavy atom. The Kier molecular flexibility index (Phi) is 3.92. The molecule has 18 heavy (non-hydrogen) atoms. The van der Waals surface area contributed by atoms with E-state index in [0.29, 0.717) is 5.02 Å². The third-order valence-electron chi connectivity index (χ3n) is 2.92. The van der Waals surface area contributed by atoms with Crippen molar-refractivity contribution in [3.05, 3.63) is 28.9 Å². The van der Waals surface area contributed by atoms with Gasteiger partial charge in [0.2, 0.25) is 0 Å². The first kappa shape index (κ1) is 13.0. The summed E-state index contributed by atoms with van der Waals surface area (Å²) in [5, 5.41) is 4.78. The van der Waals surface area contributed by atoms with Gasteiger partial charge < -0.3 is 10.1 Å². The quantitative estimate of drug-likeness (QED) is 0.910. The third-order valence-corrected chi connectivity index (χ3v) is 3.24. The van der Waals surface area contributed by atoms with Gasteiger partial charge in [-0.3, -0.25) is 0 Å². The number of anilines is 1. The van der Waals surface area contributed by atoms with E-state index in [1.807, 2.05) is 19.2 Å². The van der Waals surface area contributed by atoms with Crippen LogP contribution in [0.5, 0.6) is 5.75 Å². The van der Waals surface area contributed by atoms with Crippen LogP contribution in [0, 0.1) is 0 Å². The second-order valence-corrected chi connectivity index (χ2v) is 4.54. The minimum absolute atomic E-state index is 0.686.